The third-order valence-electron chi connectivity index (χ3n) is 2.41. The molecule has 1 atom stereocenters. The number of nitrogens with one attached hydrogen (secondary N) is 1. The van der Waals surface area contributed by atoms with Crippen molar-refractivity contribution in [3.8, 4) is 0 Å². The van der Waals surface area contributed by atoms with Crippen LogP contribution in [0.3, 0.4) is 0 Å². The van der Waals surface area contributed by atoms with Crippen molar-refractivity contribution in [1.29, 1.82) is 0 Å². The Hall–Kier alpha value is -1.51. The van der Waals surface area contributed by atoms with Crippen LogP contribution in [-0.4, -0.2) is 39.3 Å². The zero-order chi connectivity index (χ0) is 14.6. The van der Waals surface area contributed by atoms with Gasteiger partial charge < -0.3 is 9.84 Å². The SMILES string of the molecule is COC(=O)[C@H](CO)NS(=O)(=O)c1cc(F)ccc1C. The zero-order valence-corrected chi connectivity index (χ0v) is 11.2. The fourth-order valence-electron chi connectivity index (χ4n) is 1.42. The Balaban J connectivity index is 3.10. The summed E-state index contributed by atoms with van der Waals surface area (Å²) in [5.41, 5.74) is 0.315. The molecule has 0 unspecified atom stereocenters. The lowest BCUT2D eigenvalue weighted by Gasteiger charge is -2.15. The van der Waals surface area contributed by atoms with Gasteiger partial charge in [-0.05, 0) is 24.6 Å². The van der Waals surface area contributed by atoms with E-state index in [9.17, 15) is 17.6 Å². The summed E-state index contributed by atoms with van der Waals surface area (Å²) in [4.78, 5) is 10.9. The van der Waals surface area contributed by atoms with Crippen LogP contribution in [0.4, 0.5) is 4.39 Å². The predicted molar refractivity (Wildman–Crippen MR) is 64.3 cm³/mol. The number of benzene rings is 1. The van der Waals surface area contributed by atoms with Gasteiger partial charge in [-0.15, -0.1) is 0 Å². The Kier molecular flexibility index (Phi) is 4.98. The lowest BCUT2D eigenvalue weighted by atomic mass is 10.2. The smallest absolute Gasteiger partial charge is 0.326 e. The Bertz CT molecular complexity index is 572. The number of aryl methyl sites for hydroxylation is 1. The van der Waals surface area contributed by atoms with E-state index in [4.69, 9.17) is 5.11 Å². The van der Waals surface area contributed by atoms with Gasteiger partial charge in [-0.1, -0.05) is 6.07 Å². The minimum Gasteiger partial charge on any atom is -0.468 e. The second-order valence-electron chi connectivity index (χ2n) is 3.79. The number of aliphatic hydroxyl groups excluding tert-OH is 1. The predicted octanol–water partition coefficient (Wildman–Crippen LogP) is -0.0537. The number of esters is 1. The van der Waals surface area contributed by atoms with E-state index in [-0.39, 0.29) is 4.90 Å². The van der Waals surface area contributed by atoms with E-state index in [1.807, 2.05) is 4.72 Å². The summed E-state index contributed by atoms with van der Waals surface area (Å²) < 4.78 is 43.4. The van der Waals surface area contributed by atoms with Gasteiger partial charge in [0.15, 0.2) is 0 Å². The highest BCUT2D eigenvalue weighted by atomic mass is 32.2. The third-order valence-corrected chi connectivity index (χ3v) is 4.02. The van der Waals surface area contributed by atoms with E-state index < -0.39 is 34.5 Å². The van der Waals surface area contributed by atoms with E-state index in [1.165, 1.54) is 13.0 Å². The molecule has 1 aromatic carbocycles. The maximum atomic E-state index is 13.1. The highest BCUT2D eigenvalue weighted by molar-refractivity contribution is 7.89. The minimum atomic E-state index is -4.13. The maximum absolute atomic E-state index is 13.1. The summed E-state index contributed by atoms with van der Waals surface area (Å²) in [6.45, 7) is 0.723. The van der Waals surface area contributed by atoms with Crippen molar-refractivity contribution in [2.45, 2.75) is 17.9 Å². The van der Waals surface area contributed by atoms with Gasteiger partial charge in [-0.25, -0.2) is 12.8 Å². The largest absolute Gasteiger partial charge is 0.468 e. The van der Waals surface area contributed by atoms with Crippen molar-refractivity contribution in [2.75, 3.05) is 13.7 Å². The van der Waals surface area contributed by atoms with Gasteiger partial charge in [0, 0.05) is 0 Å². The molecule has 0 heterocycles. The fourth-order valence-corrected chi connectivity index (χ4v) is 2.85. The molecule has 2 N–H and O–H groups in total. The summed E-state index contributed by atoms with van der Waals surface area (Å²) >= 11 is 0. The number of methoxy groups -OCH3 is 1. The van der Waals surface area contributed by atoms with Crippen molar-refractivity contribution in [1.82, 2.24) is 4.72 Å². The topological polar surface area (TPSA) is 92.7 Å². The molecule has 0 saturated heterocycles. The molecule has 19 heavy (non-hydrogen) atoms. The summed E-state index contributed by atoms with van der Waals surface area (Å²) in [5.74, 6) is -1.65. The summed E-state index contributed by atoms with van der Waals surface area (Å²) in [5, 5.41) is 8.96. The number of sulfonamides is 1. The first-order chi connectivity index (χ1) is 8.81. The summed E-state index contributed by atoms with van der Waals surface area (Å²) in [7, 11) is -3.07. The summed E-state index contributed by atoms with van der Waals surface area (Å²) in [6.07, 6.45) is 0. The molecule has 0 aliphatic rings. The van der Waals surface area contributed by atoms with Gasteiger partial charge in [-0.2, -0.15) is 4.72 Å². The highest BCUT2D eigenvalue weighted by Crippen LogP contribution is 2.16. The monoisotopic (exact) mass is 291 g/mol. The number of rotatable bonds is 5. The van der Waals surface area contributed by atoms with Crippen molar-refractivity contribution in [2.24, 2.45) is 0 Å². The van der Waals surface area contributed by atoms with Gasteiger partial charge in [-0.3, -0.25) is 4.79 Å². The van der Waals surface area contributed by atoms with Crippen LogP contribution in [0, 0.1) is 12.7 Å². The molecule has 106 valence electrons. The third kappa shape index (κ3) is 3.72. The Morgan fingerprint density at radius 3 is 2.68 bits per heavy atom. The number of carbonyl (C=O) groups is 1. The second-order valence-corrected chi connectivity index (χ2v) is 5.47. The molecular formula is C11H14FNO5S. The van der Waals surface area contributed by atoms with Gasteiger partial charge in [0.2, 0.25) is 10.0 Å². The number of ether oxygens (including phenoxy) is 1. The number of carbonyl (C=O) groups excluding carboxylic acids is 1. The van der Waals surface area contributed by atoms with Crippen LogP contribution in [0.25, 0.3) is 0 Å². The van der Waals surface area contributed by atoms with Crippen LogP contribution in [-0.2, 0) is 19.6 Å². The maximum Gasteiger partial charge on any atom is 0.326 e. The lowest BCUT2D eigenvalue weighted by Crippen LogP contribution is -2.44. The Morgan fingerprint density at radius 2 is 2.16 bits per heavy atom. The summed E-state index contributed by atoms with van der Waals surface area (Å²) in [6, 6.07) is 1.83. The van der Waals surface area contributed by atoms with Gasteiger partial charge >= 0.3 is 5.97 Å². The molecule has 6 nitrogen and oxygen atoms in total. The first-order valence-corrected chi connectivity index (χ1v) is 6.77. The zero-order valence-electron chi connectivity index (χ0n) is 10.4. The van der Waals surface area contributed by atoms with Crippen molar-refractivity contribution >= 4 is 16.0 Å². The Labute approximate surface area is 110 Å². The van der Waals surface area contributed by atoms with Gasteiger partial charge in [0.25, 0.3) is 0 Å². The molecule has 0 aliphatic carbocycles. The molecule has 0 fully saturated rings. The molecule has 0 amide bonds. The van der Waals surface area contributed by atoms with Gasteiger partial charge in [0.05, 0.1) is 18.6 Å². The first-order valence-electron chi connectivity index (χ1n) is 5.29. The minimum absolute atomic E-state index is 0.296. The van der Waals surface area contributed by atoms with E-state index >= 15 is 0 Å². The number of hydrogen-bond donors (Lipinski definition) is 2. The van der Waals surface area contributed by atoms with Crippen LogP contribution in [0.1, 0.15) is 5.56 Å². The molecule has 0 aromatic heterocycles. The van der Waals surface area contributed by atoms with E-state index in [1.54, 1.807) is 0 Å². The second kappa shape index (κ2) is 6.09. The molecule has 1 rings (SSSR count). The average molecular weight is 291 g/mol. The molecule has 1 aromatic rings. The van der Waals surface area contributed by atoms with Crippen LogP contribution >= 0.6 is 0 Å². The van der Waals surface area contributed by atoms with Crippen LogP contribution in [0.5, 0.6) is 0 Å². The van der Waals surface area contributed by atoms with Crippen LogP contribution in [0.15, 0.2) is 23.1 Å². The van der Waals surface area contributed by atoms with Crippen LogP contribution in [0.2, 0.25) is 0 Å². The van der Waals surface area contributed by atoms with E-state index in [0.717, 1.165) is 19.2 Å². The molecule has 8 heteroatoms. The van der Waals surface area contributed by atoms with Gasteiger partial charge in [0.1, 0.15) is 11.9 Å². The Morgan fingerprint density at radius 1 is 1.53 bits per heavy atom. The first kappa shape index (κ1) is 15.5. The molecule has 0 radical (unpaired) electrons. The number of hydrogen-bond acceptors (Lipinski definition) is 5. The molecule has 0 aliphatic heterocycles. The number of halogens is 1. The molecule has 0 spiro atoms. The average Bonchev–Trinajstić information content (AvgIpc) is 2.37. The fraction of sp³-hybridized carbons (Fsp3) is 0.364. The number of aliphatic hydroxyl groups is 1. The molecule has 0 saturated carbocycles. The standard InChI is InChI=1S/C11H14FNO5S/c1-7-3-4-8(12)5-10(7)19(16,17)13-9(6-14)11(15)18-2/h3-5,9,13-14H,6H2,1-2H3/t9-/m0/s1. The van der Waals surface area contributed by atoms with Crippen molar-refractivity contribution in [3.63, 3.8) is 0 Å². The van der Waals surface area contributed by atoms with Crippen LogP contribution < -0.4 is 4.72 Å². The highest BCUT2D eigenvalue weighted by Gasteiger charge is 2.27. The van der Waals surface area contributed by atoms with E-state index in [2.05, 4.69) is 4.74 Å². The quantitative estimate of drug-likeness (QED) is 0.742. The van der Waals surface area contributed by atoms with E-state index in [0.29, 0.717) is 5.56 Å². The molecule has 0 bridgehead atoms. The lowest BCUT2D eigenvalue weighted by molar-refractivity contribution is -0.143. The normalized spacial score (nSPS) is 13.1. The molecular weight excluding hydrogens is 277 g/mol. The van der Waals surface area contributed by atoms with Crippen molar-refractivity contribution < 1.29 is 27.4 Å². The van der Waals surface area contributed by atoms with Crippen molar-refractivity contribution in [3.05, 3.63) is 29.6 Å².